The lowest BCUT2D eigenvalue weighted by Gasteiger charge is -2.09. The van der Waals surface area contributed by atoms with Gasteiger partial charge in [-0.2, -0.15) is 0 Å². The predicted molar refractivity (Wildman–Crippen MR) is 76.7 cm³/mol. The number of carbonyl (C=O) groups is 1. The number of sulfonamides is 1. The number of carboxylic acids is 1. The Hall–Kier alpha value is -2.81. The number of hydrogen-bond donors (Lipinski definition) is 2. The predicted octanol–water partition coefficient (Wildman–Crippen LogP) is 2.05. The van der Waals surface area contributed by atoms with Gasteiger partial charge in [0.1, 0.15) is 5.82 Å². The van der Waals surface area contributed by atoms with Gasteiger partial charge in [0.2, 0.25) is 6.79 Å². The number of aromatic carboxylic acids is 1. The molecule has 2 N–H and O–H groups in total. The van der Waals surface area contributed by atoms with Crippen LogP contribution < -0.4 is 14.2 Å². The fourth-order valence-electron chi connectivity index (χ4n) is 2.01. The second-order valence-electron chi connectivity index (χ2n) is 4.62. The second-order valence-corrected chi connectivity index (χ2v) is 6.30. The van der Waals surface area contributed by atoms with Crippen LogP contribution in [0.5, 0.6) is 11.5 Å². The van der Waals surface area contributed by atoms with Crippen LogP contribution in [0.3, 0.4) is 0 Å². The van der Waals surface area contributed by atoms with Crippen LogP contribution in [0.4, 0.5) is 10.1 Å². The van der Waals surface area contributed by atoms with Crippen molar-refractivity contribution in [3.8, 4) is 11.5 Å². The minimum Gasteiger partial charge on any atom is -0.478 e. The lowest BCUT2D eigenvalue weighted by atomic mass is 10.2. The molecule has 1 aliphatic rings. The van der Waals surface area contributed by atoms with Crippen molar-refractivity contribution in [3.05, 3.63) is 47.8 Å². The number of rotatable bonds is 4. The van der Waals surface area contributed by atoms with Crippen molar-refractivity contribution in [2.75, 3.05) is 11.5 Å². The highest BCUT2D eigenvalue weighted by Gasteiger charge is 2.21. The van der Waals surface area contributed by atoms with E-state index in [2.05, 4.69) is 4.72 Å². The molecule has 9 heteroatoms. The largest absolute Gasteiger partial charge is 0.478 e. The molecule has 1 heterocycles. The molecule has 0 aromatic heterocycles. The zero-order valence-electron chi connectivity index (χ0n) is 11.4. The van der Waals surface area contributed by atoms with Crippen LogP contribution in [0.2, 0.25) is 0 Å². The first-order valence-corrected chi connectivity index (χ1v) is 7.80. The maximum atomic E-state index is 13.6. The number of halogens is 1. The summed E-state index contributed by atoms with van der Waals surface area (Å²) in [7, 11) is -3.98. The molecule has 0 fully saturated rings. The van der Waals surface area contributed by atoms with E-state index in [0.29, 0.717) is 11.5 Å². The van der Waals surface area contributed by atoms with Crippen LogP contribution in [-0.2, 0) is 10.0 Å². The summed E-state index contributed by atoms with van der Waals surface area (Å²) in [4.78, 5) is 10.7. The van der Waals surface area contributed by atoms with Crippen LogP contribution in [0.1, 0.15) is 10.4 Å². The van der Waals surface area contributed by atoms with E-state index in [4.69, 9.17) is 14.6 Å². The molecule has 1 aliphatic heterocycles. The van der Waals surface area contributed by atoms with Crippen molar-refractivity contribution in [2.45, 2.75) is 4.90 Å². The Balaban J connectivity index is 1.89. The van der Waals surface area contributed by atoms with E-state index in [0.717, 1.165) is 18.2 Å². The van der Waals surface area contributed by atoms with E-state index < -0.39 is 27.4 Å². The zero-order chi connectivity index (χ0) is 16.6. The molecule has 23 heavy (non-hydrogen) atoms. The van der Waals surface area contributed by atoms with Gasteiger partial charge in [0.15, 0.2) is 11.5 Å². The van der Waals surface area contributed by atoms with E-state index >= 15 is 0 Å². The lowest BCUT2D eigenvalue weighted by Crippen LogP contribution is -2.13. The molecule has 2 aromatic carbocycles. The van der Waals surface area contributed by atoms with Gasteiger partial charge in [-0.1, -0.05) is 0 Å². The molecule has 0 bridgehead atoms. The molecular formula is C14H10FNO6S. The number of benzene rings is 2. The van der Waals surface area contributed by atoms with E-state index in [1.165, 1.54) is 18.2 Å². The third kappa shape index (κ3) is 2.90. The molecule has 0 amide bonds. The molecule has 0 saturated heterocycles. The van der Waals surface area contributed by atoms with Gasteiger partial charge in [0.05, 0.1) is 16.1 Å². The number of anilines is 1. The fourth-order valence-corrected chi connectivity index (χ4v) is 3.07. The van der Waals surface area contributed by atoms with E-state index in [1.54, 1.807) is 0 Å². The summed E-state index contributed by atoms with van der Waals surface area (Å²) in [6, 6.07) is 7.00. The number of hydrogen-bond acceptors (Lipinski definition) is 5. The first-order valence-electron chi connectivity index (χ1n) is 6.32. The monoisotopic (exact) mass is 339 g/mol. The quantitative estimate of drug-likeness (QED) is 0.884. The van der Waals surface area contributed by atoms with Crippen molar-refractivity contribution in [1.82, 2.24) is 0 Å². The van der Waals surface area contributed by atoms with E-state index in [1.807, 2.05) is 0 Å². The minimum absolute atomic E-state index is 0.00806. The van der Waals surface area contributed by atoms with Crippen molar-refractivity contribution in [3.63, 3.8) is 0 Å². The van der Waals surface area contributed by atoms with Gasteiger partial charge in [-0.25, -0.2) is 17.6 Å². The third-order valence-corrected chi connectivity index (χ3v) is 4.49. The normalized spacial score (nSPS) is 12.9. The lowest BCUT2D eigenvalue weighted by molar-refractivity contribution is 0.0692. The standard InChI is InChI=1S/C14H10FNO6S/c15-11-5-8(1-3-10(11)14(17)18)16-23(19,20)9-2-4-12-13(6-9)22-7-21-12/h1-6,16H,7H2,(H,17,18). The summed E-state index contributed by atoms with van der Waals surface area (Å²) < 4.78 is 50.6. The Labute approximate surface area is 130 Å². The van der Waals surface area contributed by atoms with Crippen LogP contribution >= 0.6 is 0 Å². The number of carboxylic acid groups (broad SMARTS) is 1. The highest BCUT2D eigenvalue weighted by molar-refractivity contribution is 7.92. The van der Waals surface area contributed by atoms with Gasteiger partial charge in [-0.05, 0) is 30.3 Å². The summed E-state index contributed by atoms with van der Waals surface area (Å²) in [5.41, 5.74) is -0.638. The Bertz CT molecular complexity index is 896. The van der Waals surface area contributed by atoms with E-state index in [9.17, 15) is 17.6 Å². The Morgan fingerprint density at radius 2 is 1.87 bits per heavy atom. The Morgan fingerprint density at radius 1 is 1.13 bits per heavy atom. The summed E-state index contributed by atoms with van der Waals surface area (Å²) in [5.74, 6) is -1.75. The van der Waals surface area contributed by atoms with Crippen molar-refractivity contribution in [1.29, 1.82) is 0 Å². The van der Waals surface area contributed by atoms with Crippen molar-refractivity contribution < 1.29 is 32.2 Å². The molecular weight excluding hydrogens is 329 g/mol. The second kappa shape index (κ2) is 5.43. The average molecular weight is 339 g/mol. The van der Waals surface area contributed by atoms with Crippen LogP contribution in [0.25, 0.3) is 0 Å². The number of ether oxygens (including phenoxy) is 2. The van der Waals surface area contributed by atoms with Gasteiger partial charge in [0, 0.05) is 6.07 Å². The Kier molecular flexibility index (Phi) is 3.57. The smallest absolute Gasteiger partial charge is 0.338 e. The van der Waals surface area contributed by atoms with Crippen molar-refractivity contribution >= 4 is 21.7 Å². The third-order valence-electron chi connectivity index (χ3n) is 3.11. The minimum atomic E-state index is -3.98. The SMILES string of the molecule is O=C(O)c1ccc(NS(=O)(=O)c2ccc3c(c2)OCO3)cc1F. The first kappa shape index (κ1) is 15.1. The molecule has 3 rings (SSSR count). The number of nitrogens with one attached hydrogen (secondary N) is 1. The molecule has 0 saturated carbocycles. The first-order chi connectivity index (χ1) is 10.9. The Morgan fingerprint density at radius 3 is 2.57 bits per heavy atom. The highest BCUT2D eigenvalue weighted by Crippen LogP contribution is 2.34. The van der Waals surface area contributed by atoms with Gasteiger partial charge in [-0.15, -0.1) is 0 Å². The van der Waals surface area contributed by atoms with E-state index in [-0.39, 0.29) is 17.4 Å². The fraction of sp³-hybridized carbons (Fsp3) is 0.0714. The van der Waals surface area contributed by atoms with Crippen LogP contribution in [-0.4, -0.2) is 26.3 Å². The molecule has 0 atom stereocenters. The van der Waals surface area contributed by atoms with Gasteiger partial charge < -0.3 is 14.6 Å². The van der Waals surface area contributed by atoms with Crippen LogP contribution in [0, 0.1) is 5.82 Å². The summed E-state index contributed by atoms with van der Waals surface area (Å²) in [6.45, 7) is 0.00806. The molecule has 0 spiro atoms. The van der Waals surface area contributed by atoms with Gasteiger partial charge >= 0.3 is 5.97 Å². The van der Waals surface area contributed by atoms with Gasteiger partial charge in [0.25, 0.3) is 10.0 Å². The summed E-state index contributed by atoms with van der Waals surface area (Å²) in [5, 5.41) is 8.75. The van der Waals surface area contributed by atoms with Gasteiger partial charge in [-0.3, -0.25) is 4.72 Å². The number of fused-ring (bicyclic) bond motifs is 1. The molecule has 7 nitrogen and oxygen atoms in total. The molecule has 0 radical (unpaired) electrons. The van der Waals surface area contributed by atoms with Crippen LogP contribution in [0.15, 0.2) is 41.3 Å². The maximum absolute atomic E-state index is 13.6. The molecule has 0 aliphatic carbocycles. The molecule has 0 unspecified atom stereocenters. The topological polar surface area (TPSA) is 102 Å². The highest BCUT2D eigenvalue weighted by atomic mass is 32.2. The molecule has 120 valence electrons. The average Bonchev–Trinajstić information content (AvgIpc) is 2.93. The molecule has 2 aromatic rings. The summed E-state index contributed by atoms with van der Waals surface area (Å²) >= 11 is 0. The zero-order valence-corrected chi connectivity index (χ0v) is 12.3. The maximum Gasteiger partial charge on any atom is 0.338 e. The van der Waals surface area contributed by atoms with Crippen molar-refractivity contribution in [2.24, 2.45) is 0 Å². The summed E-state index contributed by atoms with van der Waals surface area (Å²) in [6.07, 6.45) is 0.